The van der Waals surface area contributed by atoms with Gasteiger partial charge in [-0.15, -0.1) is 35.3 Å². The number of likely N-dealkylation sites (tertiary alicyclic amines) is 1. The summed E-state index contributed by atoms with van der Waals surface area (Å²) in [6.45, 7) is 6.31. The van der Waals surface area contributed by atoms with Crippen LogP contribution < -0.4 is 5.32 Å². The van der Waals surface area contributed by atoms with Crippen LogP contribution in [0.1, 0.15) is 47.7 Å². The Morgan fingerprint density at radius 2 is 1.97 bits per heavy atom. The third kappa shape index (κ3) is 7.95. The zero-order chi connectivity index (χ0) is 22.2. The number of aromatic nitrogens is 1. The molecule has 1 aliphatic rings. The van der Waals surface area contributed by atoms with Gasteiger partial charge in [-0.2, -0.15) is 0 Å². The minimum atomic E-state index is -0.122. The molecule has 1 aromatic heterocycles. The van der Waals surface area contributed by atoms with Gasteiger partial charge >= 0.3 is 0 Å². The fraction of sp³-hybridized carbons (Fsp3) is 0.565. The zero-order valence-electron chi connectivity index (χ0n) is 19.5. The van der Waals surface area contributed by atoms with Crippen LogP contribution in [0.15, 0.2) is 34.6 Å². The number of aliphatic hydroxyl groups is 1. The van der Waals surface area contributed by atoms with Crippen LogP contribution in [0.2, 0.25) is 0 Å². The summed E-state index contributed by atoms with van der Waals surface area (Å²) < 4.78 is 5.35. The predicted octanol–water partition coefficient (Wildman–Crippen LogP) is 3.63. The second kappa shape index (κ2) is 13.4. The normalized spacial score (nSPS) is 16.5. The number of hydrogen-bond acceptors (Lipinski definition) is 6. The lowest BCUT2D eigenvalue weighted by atomic mass is 10.1. The number of guanidine groups is 1. The highest BCUT2D eigenvalue weighted by molar-refractivity contribution is 14.0. The van der Waals surface area contributed by atoms with Gasteiger partial charge in [0.15, 0.2) is 5.96 Å². The quantitative estimate of drug-likeness (QED) is 0.286. The van der Waals surface area contributed by atoms with Crippen molar-refractivity contribution in [2.45, 2.75) is 51.6 Å². The van der Waals surface area contributed by atoms with E-state index in [1.807, 2.05) is 14.0 Å². The number of rotatable bonds is 8. The van der Waals surface area contributed by atoms with E-state index in [9.17, 15) is 5.11 Å². The Labute approximate surface area is 212 Å². The first-order chi connectivity index (χ1) is 15.0. The molecule has 0 aliphatic carbocycles. The number of benzene rings is 1. The first kappa shape index (κ1) is 27.0. The molecule has 1 aliphatic heterocycles. The third-order valence-electron chi connectivity index (χ3n) is 5.68. The van der Waals surface area contributed by atoms with Crippen LogP contribution in [-0.4, -0.2) is 66.2 Å². The molecule has 1 saturated heterocycles. The van der Waals surface area contributed by atoms with E-state index in [2.05, 4.69) is 54.7 Å². The lowest BCUT2D eigenvalue weighted by Crippen LogP contribution is -2.38. The molecule has 2 aromatic rings. The van der Waals surface area contributed by atoms with E-state index >= 15 is 0 Å². The van der Waals surface area contributed by atoms with E-state index in [1.54, 1.807) is 25.5 Å². The molecule has 7 nitrogen and oxygen atoms in total. The molecule has 0 saturated carbocycles. The van der Waals surface area contributed by atoms with Crippen molar-refractivity contribution in [3.63, 3.8) is 0 Å². The molecule has 0 spiro atoms. The maximum Gasteiger partial charge on any atom is 0.194 e. The van der Waals surface area contributed by atoms with Crippen LogP contribution in [-0.2, 0) is 24.4 Å². The van der Waals surface area contributed by atoms with E-state index in [4.69, 9.17) is 4.74 Å². The van der Waals surface area contributed by atoms with E-state index in [0.717, 1.165) is 55.7 Å². The molecule has 178 valence electrons. The zero-order valence-corrected chi connectivity index (χ0v) is 22.6. The fourth-order valence-electron chi connectivity index (χ4n) is 3.66. The molecule has 1 unspecified atom stereocenters. The molecule has 2 N–H and O–H groups in total. The monoisotopic (exact) mass is 573 g/mol. The van der Waals surface area contributed by atoms with Gasteiger partial charge in [-0.3, -0.25) is 9.89 Å². The maximum absolute atomic E-state index is 9.65. The van der Waals surface area contributed by atoms with Crippen LogP contribution >= 0.6 is 35.3 Å². The van der Waals surface area contributed by atoms with E-state index in [0.29, 0.717) is 6.54 Å². The summed E-state index contributed by atoms with van der Waals surface area (Å²) in [5.41, 5.74) is 3.55. The van der Waals surface area contributed by atoms with Crippen LogP contribution in [0, 0.1) is 0 Å². The van der Waals surface area contributed by atoms with Crippen molar-refractivity contribution in [3.05, 3.63) is 51.5 Å². The molecular formula is C23H36IN5O2S. The van der Waals surface area contributed by atoms with Crippen LogP contribution in [0.3, 0.4) is 0 Å². The van der Waals surface area contributed by atoms with E-state index in [1.165, 1.54) is 11.1 Å². The lowest BCUT2D eigenvalue weighted by molar-refractivity contribution is 0.0792. The Bertz CT molecular complexity index is 837. The number of piperidine rings is 1. The molecular weight excluding hydrogens is 537 g/mol. The predicted molar refractivity (Wildman–Crippen MR) is 142 cm³/mol. The van der Waals surface area contributed by atoms with Crippen molar-refractivity contribution >= 4 is 41.3 Å². The van der Waals surface area contributed by atoms with Gasteiger partial charge in [-0.25, -0.2) is 4.98 Å². The van der Waals surface area contributed by atoms with Crippen LogP contribution in [0.5, 0.6) is 0 Å². The Balaban J connectivity index is 0.00000363. The van der Waals surface area contributed by atoms with Crippen LogP contribution in [0.4, 0.5) is 0 Å². The van der Waals surface area contributed by atoms with Crippen molar-refractivity contribution < 1.29 is 9.84 Å². The summed E-state index contributed by atoms with van der Waals surface area (Å²) in [4.78, 5) is 13.6. The summed E-state index contributed by atoms with van der Waals surface area (Å²) in [5, 5.41) is 16.2. The number of thiazole rings is 1. The SMILES string of the molecule is CN=C(NCc1ccc(CN2CCC(O)CC2)cc1)N(C)Cc1csc(C(C)OC)n1.I. The van der Waals surface area contributed by atoms with Crippen molar-refractivity contribution in [3.8, 4) is 0 Å². The highest BCUT2D eigenvalue weighted by Gasteiger charge is 2.17. The summed E-state index contributed by atoms with van der Waals surface area (Å²) in [7, 11) is 5.53. The van der Waals surface area contributed by atoms with Crippen molar-refractivity contribution in [1.29, 1.82) is 0 Å². The maximum atomic E-state index is 9.65. The van der Waals surface area contributed by atoms with Gasteiger partial charge in [0.2, 0.25) is 0 Å². The Hall–Kier alpha value is -1.27. The average Bonchev–Trinajstić information content (AvgIpc) is 3.24. The molecule has 0 bridgehead atoms. The molecule has 1 fully saturated rings. The molecule has 32 heavy (non-hydrogen) atoms. The number of nitrogens with zero attached hydrogens (tertiary/aromatic N) is 4. The van der Waals surface area contributed by atoms with Gasteiger partial charge in [-0.1, -0.05) is 24.3 Å². The highest BCUT2D eigenvalue weighted by Crippen LogP contribution is 2.21. The Morgan fingerprint density at radius 1 is 1.31 bits per heavy atom. The molecule has 1 atom stereocenters. The average molecular weight is 574 g/mol. The van der Waals surface area contributed by atoms with Gasteiger partial charge in [0.05, 0.1) is 18.3 Å². The van der Waals surface area contributed by atoms with Gasteiger partial charge in [0.25, 0.3) is 0 Å². The summed E-state index contributed by atoms with van der Waals surface area (Å²) in [6, 6.07) is 8.74. The van der Waals surface area contributed by atoms with E-state index in [-0.39, 0.29) is 36.2 Å². The number of nitrogens with one attached hydrogen (secondary N) is 1. The first-order valence-electron chi connectivity index (χ1n) is 10.9. The summed E-state index contributed by atoms with van der Waals surface area (Å²) in [6.07, 6.45) is 1.65. The van der Waals surface area contributed by atoms with Crippen molar-refractivity contribution in [2.75, 3.05) is 34.3 Å². The highest BCUT2D eigenvalue weighted by atomic mass is 127. The Kier molecular flexibility index (Phi) is 11.3. The summed E-state index contributed by atoms with van der Waals surface area (Å²) >= 11 is 1.63. The third-order valence-corrected chi connectivity index (χ3v) is 6.73. The number of halogens is 1. The van der Waals surface area contributed by atoms with E-state index < -0.39 is 0 Å². The number of methoxy groups -OCH3 is 1. The standard InChI is InChI=1S/C23H35N5O2S.HI/c1-17(30-4)22-26-20(16-31-22)15-27(3)23(24-2)25-13-18-5-7-19(8-6-18)14-28-11-9-21(29)10-12-28;/h5-8,16-17,21,29H,9-15H2,1-4H3,(H,24,25);1H. The first-order valence-corrected chi connectivity index (χ1v) is 11.7. The number of aliphatic imine (C=N–C) groups is 1. The molecule has 2 heterocycles. The smallest absolute Gasteiger partial charge is 0.194 e. The topological polar surface area (TPSA) is 73.2 Å². The second-order valence-corrected chi connectivity index (χ2v) is 9.03. The second-order valence-electron chi connectivity index (χ2n) is 8.14. The lowest BCUT2D eigenvalue weighted by Gasteiger charge is -2.29. The Morgan fingerprint density at radius 3 is 2.59 bits per heavy atom. The summed E-state index contributed by atoms with van der Waals surface area (Å²) in [5.74, 6) is 0.838. The minimum Gasteiger partial charge on any atom is -0.393 e. The molecule has 0 amide bonds. The number of ether oxygens (including phenoxy) is 1. The molecule has 0 radical (unpaired) electrons. The fourth-order valence-corrected chi connectivity index (χ4v) is 4.51. The van der Waals surface area contributed by atoms with Crippen LogP contribution in [0.25, 0.3) is 0 Å². The molecule has 9 heteroatoms. The van der Waals surface area contributed by atoms with Crippen molar-refractivity contribution in [1.82, 2.24) is 20.1 Å². The number of aliphatic hydroxyl groups excluding tert-OH is 1. The van der Waals surface area contributed by atoms with Gasteiger partial charge in [0.1, 0.15) is 11.1 Å². The minimum absolute atomic E-state index is 0. The molecule has 3 rings (SSSR count). The largest absolute Gasteiger partial charge is 0.393 e. The van der Waals surface area contributed by atoms with Gasteiger partial charge in [0, 0.05) is 52.8 Å². The van der Waals surface area contributed by atoms with Gasteiger partial charge < -0.3 is 20.1 Å². The molecule has 1 aromatic carbocycles. The van der Waals surface area contributed by atoms with Crippen molar-refractivity contribution in [2.24, 2.45) is 4.99 Å². The number of hydrogen-bond donors (Lipinski definition) is 2. The van der Waals surface area contributed by atoms with Gasteiger partial charge in [-0.05, 0) is 30.9 Å².